The van der Waals surface area contributed by atoms with Crippen LogP contribution in [-0.2, 0) is 0 Å². The highest BCUT2D eigenvalue weighted by atomic mass is 35.5. The number of ether oxygens (including phenoxy) is 2. The number of carbonyl (C=O) groups is 1. The van der Waals surface area contributed by atoms with Crippen LogP contribution in [0.15, 0.2) is 36.4 Å². The number of methoxy groups -OCH3 is 1. The van der Waals surface area contributed by atoms with E-state index in [2.05, 4.69) is 12.2 Å². The fourth-order valence-corrected chi connectivity index (χ4v) is 2.35. The molecule has 0 unspecified atom stereocenters. The molecule has 0 bridgehead atoms. The van der Waals surface area contributed by atoms with E-state index in [1.807, 2.05) is 13.0 Å². The number of anilines is 1. The van der Waals surface area contributed by atoms with E-state index in [-0.39, 0.29) is 5.91 Å². The minimum Gasteiger partial charge on any atom is -0.493 e. The Kier molecular flexibility index (Phi) is 6.50. The normalized spacial score (nSPS) is 10.3. The summed E-state index contributed by atoms with van der Waals surface area (Å²) in [5.74, 6) is 0.960. The van der Waals surface area contributed by atoms with Crippen molar-refractivity contribution in [3.8, 4) is 11.5 Å². The van der Waals surface area contributed by atoms with Crippen molar-refractivity contribution in [3.05, 3.63) is 52.5 Å². The van der Waals surface area contributed by atoms with Gasteiger partial charge in [-0.05, 0) is 49.2 Å². The van der Waals surface area contributed by atoms with Gasteiger partial charge in [0.15, 0.2) is 11.5 Å². The molecule has 128 valence electrons. The number of hydrogen-bond donors (Lipinski definition) is 1. The van der Waals surface area contributed by atoms with Crippen LogP contribution in [0.25, 0.3) is 0 Å². The molecule has 2 aromatic carbocycles. The van der Waals surface area contributed by atoms with Crippen LogP contribution in [0.3, 0.4) is 0 Å². The fraction of sp³-hybridized carbons (Fsp3) is 0.316. The third kappa shape index (κ3) is 4.65. The molecule has 2 aromatic rings. The van der Waals surface area contributed by atoms with Crippen molar-refractivity contribution in [1.29, 1.82) is 0 Å². The quantitative estimate of drug-likeness (QED) is 0.710. The summed E-state index contributed by atoms with van der Waals surface area (Å²) in [7, 11) is 1.56. The zero-order chi connectivity index (χ0) is 17.5. The van der Waals surface area contributed by atoms with E-state index in [1.54, 1.807) is 37.4 Å². The highest BCUT2D eigenvalue weighted by Crippen LogP contribution is 2.29. The number of carbonyl (C=O) groups excluding carboxylic acids is 1. The van der Waals surface area contributed by atoms with Gasteiger partial charge in [-0.25, -0.2) is 0 Å². The van der Waals surface area contributed by atoms with E-state index >= 15 is 0 Å². The van der Waals surface area contributed by atoms with Crippen molar-refractivity contribution in [1.82, 2.24) is 0 Å². The van der Waals surface area contributed by atoms with Crippen LogP contribution in [0, 0.1) is 6.92 Å². The smallest absolute Gasteiger partial charge is 0.255 e. The monoisotopic (exact) mass is 347 g/mol. The number of aryl methyl sites for hydroxylation is 1. The molecule has 0 fully saturated rings. The second-order valence-corrected chi connectivity index (χ2v) is 5.92. The summed E-state index contributed by atoms with van der Waals surface area (Å²) in [6, 6.07) is 10.5. The Labute approximate surface area is 147 Å². The van der Waals surface area contributed by atoms with Crippen LogP contribution in [0.1, 0.15) is 35.7 Å². The molecule has 5 heteroatoms. The van der Waals surface area contributed by atoms with Crippen molar-refractivity contribution in [2.75, 3.05) is 19.0 Å². The van der Waals surface area contributed by atoms with Crippen molar-refractivity contribution in [2.24, 2.45) is 0 Å². The Bertz CT molecular complexity index is 716. The first-order chi connectivity index (χ1) is 11.5. The lowest BCUT2D eigenvalue weighted by atomic mass is 10.1. The largest absolute Gasteiger partial charge is 0.493 e. The molecule has 0 aliphatic heterocycles. The Balaban J connectivity index is 2.16. The van der Waals surface area contributed by atoms with E-state index in [0.717, 1.165) is 18.4 Å². The van der Waals surface area contributed by atoms with Gasteiger partial charge in [-0.1, -0.05) is 31.0 Å². The lowest BCUT2D eigenvalue weighted by Gasteiger charge is -2.13. The van der Waals surface area contributed by atoms with E-state index < -0.39 is 0 Å². The summed E-state index contributed by atoms with van der Waals surface area (Å²) in [6.45, 7) is 4.64. The number of halogens is 1. The van der Waals surface area contributed by atoms with Crippen LogP contribution in [0.5, 0.6) is 11.5 Å². The van der Waals surface area contributed by atoms with Gasteiger partial charge in [0.05, 0.1) is 13.7 Å². The maximum absolute atomic E-state index is 12.5. The molecule has 4 nitrogen and oxygen atoms in total. The predicted octanol–water partition coefficient (Wildman–Crippen LogP) is 5.09. The highest BCUT2D eigenvalue weighted by molar-refractivity contribution is 6.31. The first kappa shape index (κ1) is 18.1. The van der Waals surface area contributed by atoms with E-state index in [9.17, 15) is 4.79 Å². The van der Waals surface area contributed by atoms with E-state index in [4.69, 9.17) is 21.1 Å². The van der Waals surface area contributed by atoms with Crippen molar-refractivity contribution in [2.45, 2.75) is 26.7 Å². The SMILES string of the molecule is CCCCOc1ccc(C(=O)Nc2cc(Cl)ccc2C)cc1OC. The number of unbranched alkanes of at least 4 members (excludes halogenated alkanes) is 1. The van der Waals surface area contributed by atoms with Crippen molar-refractivity contribution in [3.63, 3.8) is 0 Å². The summed E-state index contributed by atoms with van der Waals surface area (Å²) < 4.78 is 11.0. The Hall–Kier alpha value is -2.20. The third-order valence-corrected chi connectivity index (χ3v) is 3.86. The second kappa shape index (κ2) is 8.60. The average molecular weight is 348 g/mol. The lowest BCUT2D eigenvalue weighted by molar-refractivity contribution is 0.102. The standard InChI is InChI=1S/C19H22ClNO3/c1-4-5-10-24-17-9-7-14(11-18(17)23-3)19(22)21-16-12-15(20)8-6-13(16)2/h6-9,11-12H,4-5,10H2,1-3H3,(H,21,22). The molecular weight excluding hydrogens is 326 g/mol. The molecule has 2 rings (SSSR count). The molecule has 0 aliphatic rings. The van der Waals surface area contributed by atoms with Gasteiger partial charge in [-0.15, -0.1) is 0 Å². The molecule has 0 heterocycles. The van der Waals surface area contributed by atoms with Gasteiger partial charge < -0.3 is 14.8 Å². The molecule has 0 aliphatic carbocycles. The van der Waals surface area contributed by atoms with Crippen LogP contribution in [0.4, 0.5) is 5.69 Å². The van der Waals surface area contributed by atoms with E-state index in [1.165, 1.54) is 0 Å². The number of rotatable bonds is 7. The van der Waals surface area contributed by atoms with Gasteiger partial charge in [0.25, 0.3) is 5.91 Å². The molecule has 0 atom stereocenters. The number of nitrogens with one attached hydrogen (secondary N) is 1. The second-order valence-electron chi connectivity index (χ2n) is 5.48. The van der Waals surface area contributed by atoms with Crippen molar-refractivity contribution < 1.29 is 14.3 Å². The molecule has 24 heavy (non-hydrogen) atoms. The highest BCUT2D eigenvalue weighted by Gasteiger charge is 2.12. The summed E-state index contributed by atoms with van der Waals surface area (Å²) in [6.07, 6.45) is 2.03. The maximum atomic E-state index is 12.5. The minimum absolute atomic E-state index is 0.223. The predicted molar refractivity (Wildman–Crippen MR) is 97.5 cm³/mol. The molecule has 1 amide bonds. The van der Waals surface area contributed by atoms with Crippen molar-refractivity contribution >= 4 is 23.2 Å². The molecular formula is C19H22ClNO3. The van der Waals surface area contributed by atoms with Crippen LogP contribution >= 0.6 is 11.6 Å². The molecule has 0 aromatic heterocycles. The molecule has 0 spiro atoms. The fourth-order valence-electron chi connectivity index (χ4n) is 2.18. The van der Waals surface area contributed by atoms with Gasteiger partial charge in [-0.3, -0.25) is 4.79 Å². The van der Waals surface area contributed by atoms with Crippen LogP contribution < -0.4 is 14.8 Å². The number of hydrogen-bond acceptors (Lipinski definition) is 3. The van der Waals surface area contributed by atoms with Crippen LogP contribution in [0.2, 0.25) is 5.02 Å². The van der Waals surface area contributed by atoms with Gasteiger partial charge in [0.2, 0.25) is 0 Å². The zero-order valence-corrected chi connectivity index (χ0v) is 14.9. The van der Waals surface area contributed by atoms with Gasteiger partial charge in [0, 0.05) is 16.3 Å². The maximum Gasteiger partial charge on any atom is 0.255 e. The van der Waals surface area contributed by atoms with Gasteiger partial charge in [-0.2, -0.15) is 0 Å². The summed E-state index contributed by atoms with van der Waals surface area (Å²) in [4.78, 5) is 12.5. The number of amides is 1. The average Bonchev–Trinajstić information content (AvgIpc) is 2.58. The zero-order valence-electron chi connectivity index (χ0n) is 14.2. The Morgan fingerprint density at radius 2 is 1.96 bits per heavy atom. The Morgan fingerprint density at radius 3 is 2.67 bits per heavy atom. The number of benzene rings is 2. The first-order valence-electron chi connectivity index (χ1n) is 7.93. The third-order valence-electron chi connectivity index (χ3n) is 3.63. The van der Waals surface area contributed by atoms with Gasteiger partial charge >= 0.3 is 0 Å². The van der Waals surface area contributed by atoms with Crippen LogP contribution in [-0.4, -0.2) is 19.6 Å². The Morgan fingerprint density at radius 1 is 1.17 bits per heavy atom. The molecule has 0 saturated carbocycles. The minimum atomic E-state index is -0.223. The molecule has 0 saturated heterocycles. The van der Waals surface area contributed by atoms with E-state index in [0.29, 0.717) is 34.4 Å². The summed E-state index contributed by atoms with van der Waals surface area (Å²) in [5, 5.41) is 3.45. The summed E-state index contributed by atoms with van der Waals surface area (Å²) in [5.41, 5.74) is 2.13. The van der Waals surface area contributed by atoms with Gasteiger partial charge in [0.1, 0.15) is 0 Å². The topological polar surface area (TPSA) is 47.6 Å². The molecule has 0 radical (unpaired) electrons. The summed E-state index contributed by atoms with van der Waals surface area (Å²) >= 11 is 5.99. The first-order valence-corrected chi connectivity index (χ1v) is 8.31. The lowest BCUT2D eigenvalue weighted by Crippen LogP contribution is -2.13. The molecule has 1 N–H and O–H groups in total.